The molecule has 0 aromatic heterocycles. The van der Waals surface area contributed by atoms with E-state index in [0.29, 0.717) is 13.0 Å². The molecule has 1 N–H and O–H groups in total. The lowest BCUT2D eigenvalue weighted by atomic mass is 10.1. The Morgan fingerprint density at radius 1 is 1.42 bits per heavy atom. The highest BCUT2D eigenvalue weighted by molar-refractivity contribution is 5.85. The summed E-state index contributed by atoms with van der Waals surface area (Å²) in [6.45, 7) is 8.74. The van der Waals surface area contributed by atoms with Gasteiger partial charge in [0.15, 0.2) is 0 Å². The highest BCUT2D eigenvalue weighted by Crippen LogP contribution is 2.25. The summed E-state index contributed by atoms with van der Waals surface area (Å²) in [5.41, 5.74) is -1.95. The first kappa shape index (κ1) is 15.7. The van der Waals surface area contributed by atoms with E-state index in [9.17, 15) is 14.0 Å². The van der Waals surface area contributed by atoms with Crippen LogP contribution in [-0.4, -0.2) is 47.3 Å². The van der Waals surface area contributed by atoms with Crippen LogP contribution in [0.2, 0.25) is 0 Å². The van der Waals surface area contributed by atoms with Crippen LogP contribution in [0, 0.1) is 0 Å². The summed E-state index contributed by atoms with van der Waals surface area (Å²) < 4.78 is 18.7. The van der Waals surface area contributed by atoms with Crippen LogP contribution < -0.4 is 5.32 Å². The highest BCUT2D eigenvalue weighted by atomic mass is 19.1. The summed E-state index contributed by atoms with van der Waals surface area (Å²) in [5.74, 6) is -0.285. The lowest BCUT2D eigenvalue weighted by molar-refractivity contribution is -0.132. The number of amides is 2. The summed E-state index contributed by atoms with van der Waals surface area (Å²) in [5, 5.41) is 2.47. The average Bonchev–Trinajstić information content (AvgIpc) is 2.54. The molecule has 5 nitrogen and oxygen atoms in total. The molecule has 0 aliphatic carbocycles. The Bertz CT molecular complexity index is 363. The maximum Gasteiger partial charge on any atom is 0.408 e. The quantitative estimate of drug-likeness (QED) is 0.836. The van der Waals surface area contributed by atoms with Gasteiger partial charge in [0, 0.05) is 13.0 Å². The Hall–Kier alpha value is -1.33. The molecule has 0 spiro atoms. The van der Waals surface area contributed by atoms with E-state index >= 15 is 0 Å². The predicted octanol–water partition coefficient (Wildman–Crippen LogP) is 1.86. The van der Waals surface area contributed by atoms with E-state index in [2.05, 4.69) is 5.32 Å². The van der Waals surface area contributed by atoms with Crippen molar-refractivity contribution in [3.8, 4) is 0 Å². The maximum atomic E-state index is 13.7. The van der Waals surface area contributed by atoms with E-state index in [4.69, 9.17) is 4.74 Å². The van der Waals surface area contributed by atoms with Crippen molar-refractivity contribution in [3.63, 3.8) is 0 Å². The molecule has 0 unspecified atom stereocenters. The molecule has 1 rings (SSSR count). The normalized spacial score (nSPS) is 25.1. The number of halogens is 1. The number of nitrogens with one attached hydrogen (secondary N) is 1. The van der Waals surface area contributed by atoms with Crippen molar-refractivity contribution in [2.75, 3.05) is 13.1 Å². The van der Waals surface area contributed by atoms with Gasteiger partial charge in [-0.15, -0.1) is 0 Å². The molecule has 1 aliphatic heterocycles. The van der Waals surface area contributed by atoms with Gasteiger partial charge in [0.1, 0.15) is 17.3 Å². The first-order chi connectivity index (χ1) is 8.50. The van der Waals surface area contributed by atoms with Gasteiger partial charge >= 0.3 is 6.09 Å². The van der Waals surface area contributed by atoms with E-state index < -0.39 is 23.4 Å². The minimum Gasteiger partial charge on any atom is -0.444 e. The number of nitrogens with zero attached hydrogens (tertiary/aromatic N) is 1. The van der Waals surface area contributed by atoms with E-state index in [1.54, 1.807) is 27.7 Å². The molecule has 1 saturated heterocycles. The second kappa shape index (κ2) is 5.35. The topological polar surface area (TPSA) is 58.6 Å². The number of carbonyl (C=O) groups excluding carboxylic acids is 2. The minimum absolute atomic E-state index is 0.0756. The van der Waals surface area contributed by atoms with Gasteiger partial charge in [0.2, 0.25) is 5.91 Å². The molecule has 0 saturated carbocycles. The van der Waals surface area contributed by atoms with Crippen LogP contribution in [0.1, 0.15) is 41.0 Å². The SMILES string of the molecule is C[C@@H](NC(=O)OC(C)(C)C)C(=O)N1CC[C@](C)(F)C1. The summed E-state index contributed by atoms with van der Waals surface area (Å²) in [6, 6.07) is -0.719. The average molecular weight is 274 g/mol. The Morgan fingerprint density at radius 3 is 2.42 bits per heavy atom. The van der Waals surface area contributed by atoms with Crippen molar-refractivity contribution in [2.24, 2.45) is 0 Å². The maximum absolute atomic E-state index is 13.7. The van der Waals surface area contributed by atoms with E-state index in [0.717, 1.165) is 0 Å². The largest absolute Gasteiger partial charge is 0.444 e. The van der Waals surface area contributed by atoms with Gasteiger partial charge in [0.05, 0.1) is 6.54 Å². The molecule has 19 heavy (non-hydrogen) atoms. The molecular weight excluding hydrogens is 251 g/mol. The molecule has 1 fully saturated rings. The van der Waals surface area contributed by atoms with Crippen molar-refractivity contribution < 1.29 is 18.7 Å². The summed E-state index contributed by atoms with van der Waals surface area (Å²) in [6.07, 6.45) is -0.312. The van der Waals surface area contributed by atoms with Crippen LogP contribution in [0.15, 0.2) is 0 Å². The Balaban J connectivity index is 2.48. The van der Waals surface area contributed by atoms with Gasteiger partial charge < -0.3 is 15.0 Å². The van der Waals surface area contributed by atoms with Gasteiger partial charge in [0.25, 0.3) is 0 Å². The first-order valence-electron chi connectivity index (χ1n) is 6.47. The van der Waals surface area contributed by atoms with Crippen LogP contribution >= 0.6 is 0 Å². The molecule has 1 heterocycles. The molecular formula is C13H23FN2O3. The second-order valence-electron chi connectivity index (χ2n) is 6.29. The smallest absolute Gasteiger partial charge is 0.408 e. The van der Waals surface area contributed by atoms with Crippen molar-refractivity contribution in [1.82, 2.24) is 10.2 Å². The predicted molar refractivity (Wildman–Crippen MR) is 69.5 cm³/mol. The van der Waals surface area contributed by atoms with Gasteiger partial charge in [-0.1, -0.05) is 0 Å². The van der Waals surface area contributed by atoms with Crippen LogP contribution in [-0.2, 0) is 9.53 Å². The number of alkyl halides is 1. The zero-order valence-electron chi connectivity index (χ0n) is 12.2. The fraction of sp³-hybridized carbons (Fsp3) is 0.846. The van der Waals surface area contributed by atoms with Crippen LogP contribution in [0.3, 0.4) is 0 Å². The zero-order chi connectivity index (χ0) is 14.8. The third-order valence-electron chi connectivity index (χ3n) is 2.84. The van der Waals surface area contributed by atoms with Crippen molar-refractivity contribution >= 4 is 12.0 Å². The van der Waals surface area contributed by atoms with Crippen LogP contribution in [0.5, 0.6) is 0 Å². The number of likely N-dealkylation sites (tertiary alicyclic amines) is 1. The molecule has 0 aromatic carbocycles. The molecule has 6 heteroatoms. The highest BCUT2D eigenvalue weighted by Gasteiger charge is 2.37. The number of hydrogen-bond donors (Lipinski definition) is 1. The molecule has 2 amide bonds. The lowest BCUT2D eigenvalue weighted by Crippen LogP contribution is -2.48. The fourth-order valence-electron chi connectivity index (χ4n) is 1.93. The lowest BCUT2D eigenvalue weighted by Gasteiger charge is -2.24. The number of hydrogen-bond acceptors (Lipinski definition) is 3. The first-order valence-corrected chi connectivity index (χ1v) is 6.47. The summed E-state index contributed by atoms with van der Waals surface area (Å²) in [7, 11) is 0. The molecule has 1 aliphatic rings. The van der Waals surface area contributed by atoms with Gasteiger partial charge in [-0.3, -0.25) is 4.79 Å². The third-order valence-corrected chi connectivity index (χ3v) is 2.84. The van der Waals surface area contributed by atoms with Crippen molar-refractivity contribution in [1.29, 1.82) is 0 Å². The molecule has 0 radical (unpaired) electrons. The number of alkyl carbamates (subject to hydrolysis) is 1. The second-order valence-corrected chi connectivity index (χ2v) is 6.29. The third kappa shape index (κ3) is 5.04. The Labute approximate surface area is 113 Å². The van der Waals surface area contributed by atoms with Crippen LogP contribution in [0.4, 0.5) is 9.18 Å². The minimum atomic E-state index is -1.33. The fourth-order valence-corrected chi connectivity index (χ4v) is 1.93. The molecule has 0 bridgehead atoms. The Morgan fingerprint density at radius 2 is 2.00 bits per heavy atom. The van der Waals surface area contributed by atoms with Gasteiger partial charge in [-0.2, -0.15) is 0 Å². The summed E-state index contributed by atoms with van der Waals surface area (Å²) >= 11 is 0. The number of ether oxygens (including phenoxy) is 1. The summed E-state index contributed by atoms with van der Waals surface area (Å²) in [4.78, 5) is 25.0. The number of rotatable bonds is 2. The van der Waals surface area contributed by atoms with Gasteiger partial charge in [-0.25, -0.2) is 9.18 Å². The van der Waals surface area contributed by atoms with E-state index in [-0.39, 0.29) is 12.5 Å². The molecule has 2 atom stereocenters. The zero-order valence-corrected chi connectivity index (χ0v) is 12.2. The van der Waals surface area contributed by atoms with Crippen LogP contribution in [0.25, 0.3) is 0 Å². The number of carbonyl (C=O) groups is 2. The van der Waals surface area contributed by atoms with Crippen molar-refractivity contribution in [3.05, 3.63) is 0 Å². The molecule has 110 valence electrons. The molecule has 0 aromatic rings. The standard InChI is InChI=1S/C13H23FN2O3/c1-9(15-11(18)19-12(2,3)4)10(17)16-7-6-13(5,14)8-16/h9H,6-8H2,1-5H3,(H,15,18)/t9-,13+/m1/s1. The van der Waals surface area contributed by atoms with E-state index in [1.165, 1.54) is 11.8 Å². The Kier molecular flexibility index (Phi) is 4.43. The monoisotopic (exact) mass is 274 g/mol. The van der Waals surface area contributed by atoms with Gasteiger partial charge in [-0.05, 0) is 34.6 Å². The van der Waals surface area contributed by atoms with E-state index in [1.807, 2.05) is 0 Å². The van der Waals surface area contributed by atoms with Crippen molar-refractivity contribution in [2.45, 2.75) is 58.4 Å².